The fraction of sp³-hybridized carbons (Fsp3) is 0.321. The summed E-state index contributed by atoms with van der Waals surface area (Å²) in [5.41, 5.74) is 8.45. The van der Waals surface area contributed by atoms with Crippen molar-refractivity contribution in [2.45, 2.75) is 31.5 Å². The van der Waals surface area contributed by atoms with Gasteiger partial charge in [0.2, 0.25) is 5.91 Å². The van der Waals surface area contributed by atoms with E-state index in [0.717, 1.165) is 37.1 Å². The van der Waals surface area contributed by atoms with E-state index in [4.69, 9.17) is 10.5 Å². The SMILES string of the molecule is NC(=O)/C=C/c1cccc(COCC(O)CN2CCC(c3ccc4ccccc4c3)CC2)c1. The van der Waals surface area contributed by atoms with Crippen LogP contribution in [0.25, 0.3) is 16.8 Å². The fourth-order valence-electron chi connectivity index (χ4n) is 4.54. The van der Waals surface area contributed by atoms with Crippen LogP contribution in [0.5, 0.6) is 0 Å². The summed E-state index contributed by atoms with van der Waals surface area (Å²) in [5, 5.41) is 13.0. The van der Waals surface area contributed by atoms with Gasteiger partial charge in [0, 0.05) is 12.6 Å². The van der Waals surface area contributed by atoms with E-state index < -0.39 is 12.0 Å². The second-order valence-electron chi connectivity index (χ2n) is 8.83. The van der Waals surface area contributed by atoms with Crippen LogP contribution in [0.4, 0.5) is 0 Å². The standard InChI is InChI=1S/C28H32N2O3/c29-28(32)11-8-21-4-3-5-22(16-21)19-33-20-27(31)18-30-14-12-24(13-15-30)26-10-9-23-6-1-2-7-25(23)17-26/h1-11,16-17,24,27,31H,12-15,18-20H2,(H2,29,32)/b11-8+. The van der Waals surface area contributed by atoms with Crippen molar-refractivity contribution >= 4 is 22.8 Å². The van der Waals surface area contributed by atoms with E-state index in [9.17, 15) is 9.90 Å². The first-order chi connectivity index (χ1) is 16.1. The number of nitrogens with two attached hydrogens (primary N) is 1. The molecule has 3 aromatic carbocycles. The zero-order valence-corrected chi connectivity index (χ0v) is 18.9. The number of rotatable bonds is 9. The summed E-state index contributed by atoms with van der Waals surface area (Å²) in [6.07, 6.45) is 4.73. The van der Waals surface area contributed by atoms with Crippen molar-refractivity contribution < 1.29 is 14.6 Å². The molecule has 1 amide bonds. The van der Waals surface area contributed by atoms with E-state index in [2.05, 4.69) is 47.4 Å². The molecular formula is C28H32N2O3. The molecule has 3 N–H and O–H groups in total. The second kappa shape index (κ2) is 11.2. The number of benzene rings is 3. The summed E-state index contributed by atoms with van der Waals surface area (Å²) < 4.78 is 5.74. The first-order valence-electron chi connectivity index (χ1n) is 11.6. The lowest BCUT2D eigenvalue weighted by atomic mass is 9.88. The molecule has 5 heteroatoms. The number of piperidine rings is 1. The van der Waals surface area contributed by atoms with Crippen molar-refractivity contribution in [3.63, 3.8) is 0 Å². The predicted octanol–water partition coefficient (Wildman–Crippen LogP) is 4.10. The maximum absolute atomic E-state index is 10.9. The van der Waals surface area contributed by atoms with Gasteiger partial charge in [0.05, 0.1) is 19.3 Å². The Morgan fingerprint density at radius 3 is 2.64 bits per heavy atom. The van der Waals surface area contributed by atoms with Crippen molar-refractivity contribution in [2.75, 3.05) is 26.2 Å². The summed E-state index contributed by atoms with van der Waals surface area (Å²) >= 11 is 0. The van der Waals surface area contributed by atoms with Gasteiger partial charge < -0.3 is 20.5 Å². The van der Waals surface area contributed by atoms with Gasteiger partial charge in [-0.25, -0.2) is 0 Å². The van der Waals surface area contributed by atoms with Gasteiger partial charge in [-0.2, -0.15) is 0 Å². The van der Waals surface area contributed by atoms with Gasteiger partial charge in [-0.1, -0.05) is 60.7 Å². The lowest BCUT2D eigenvalue weighted by Crippen LogP contribution is -2.39. The van der Waals surface area contributed by atoms with E-state index in [0.29, 0.717) is 25.7 Å². The molecular weight excluding hydrogens is 412 g/mol. The highest BCUT2D eigenvalue weighted by molar-refractivity contribution is 5.90. The number of aliphatic hydroxyl groups is 1. The van der Waals surface area contributed by atoms with Gasteiger partial charge in [-0.3, -0.25) is 4.79 Å². The van der Waals surface area contributed by atoms with Crippen molar-refractivity contribution in [3.05, 3.63) is 89.5 Å². The molecule has 5 nitrogen and oxygen atoms in total. The number of fused-ring (bicyclic) bond motifs is 1. The fourth-order valence-corrected chi connectivity index (χ4v) is 4.54. The van der Waals surface area contributed by atoms with Gasteiger partial charge in [0.15, 0.2) is 0 Å². The van der Waals surface area contributed by atoms with Crippen molar-refractivity contribution in [3.8, 4) is 0 Å². The molecule has 33 heavy (non-hydrogen) atoms. The maximum Gasteiger partial charge on any atom is 0.241 e. The summed E-state index contributed by atoms with van der Waals surface area (Å²) in [6.45, 7) is 3.32. The highest BCUT2D eigenvalue weighted by Gasteiger charge is 2.22. The molecule has 0 spiro atoms. The summed E-state index contributed by atoms with van der Waals surface area (Å²) in [4.78, 5) is 13.2. The number of carbonyl (C=O) groups is 1. The molecule has 4 rings (SSSR count). The molecule has 172 valence electrons. The van der Waals surface area contributed by atoms with Crippen LogP contribution in [0, 0.1) is 0 Å². The average molecular weight is 445 g/mol. The molecule has 1 fully saturated rings. The number of ether oxygens (including phenoxy) is 1. The smallest absolute Gasteiger partial charge is 0.241 e. The van der Waals surface area contributed by atoms with Crippen LogP contribution in [0.15, 0.2) is 72.8 Å². The lowest BCUT2D eigenvalue weighted by molar-refractivity contribution is -0.113. The highest BCUT2D eigenvalue weighted by Crippen LogP contribution is 2.30. The van der Waals surface area contributed by atoms with Crippen molar-refractivity contribution in [1.82, 2.24) is 4.90 Å². The Morgan fingerprint density at radius 2 is 1.85 bits per heavy atom. The van der Waals surface area contributed by atoms with Crippen LogP contribution < -0.4 is 5.73 Å². The van der Waals surface area contributed by atoms with Gasteiger partial charge >= 0.3 is 0 Å². The van der Waals surface area contributed by atoms with E-state index in [1.54, 1.807) is 6.08 Å². The first-order valence-corrected chi connectivity index (χ1v) is 11.6. The minimum absolute atomic E-state index is 0.298. The van der Waals surface area contributed by atoms with Crippen molar-refractivity contribution in [2.24, 2.45) is 5.73 Å². The maximum atomic E-state index is 10.9. The van der Waals surface area contributed by atoms with Crippen LogP contribution in [0.1, 0.15) is 35.4 Å². The quantitative estimate of drug-likeness (QED) is 0.488. The topological polar surface area (TPSA) is 75.8 Å². The number of primary amides is 1. The monoisotopic (exact) mass is 444 g/mol. The summed E-state index contributed by atoms with van der Waals surface area (Å²) in [6, 6.07) is 23.1. The number of hydrogen-bond acceptors (Lipinski definition) is 4. The molecule has 1 heterocycles. The third-order valence-corrected chi connectivity index (χ3v) is 6.27. The molecule has 1 aliphatic rings. The lowest BCUT2D eigenvalue weighted by Gasteiger charge is -2.33. The minimum atomic E-state index is -0.514. The van der Waals surface area contributed by atoms with E-state index in [-0.39, 0.29) is 0 Å². The normalized spacial score (nSPS) is 16.4. The Balaban J connectivity index is 1.20. The summed E-state index contributed by atoms with van der Waals surface area (Å²) in [5.74, 6) is 0.108. The molecule has 0 radical (unpaired) electrons. The Hall–Kier alpha value is -2.99. The molecule has 0 saturated carbocycles. The summed E-state index contributed by atoms with van der Waals surface area (Å²) in [7, 11) is 0. The van der Waals surface area contributed by atoms with Crippen LogP contribution in [0.3, 0.4) is 0 Å². The van der Waals surface area contributed by atoms with Gasteiger partial charge in [0.1, 0.15) is 0 Å². The van der Waals surface area contributed by atoms with Gasteiger partial charge in [0.25, 0.3) is 0 Å². The Bertz CT molecular complexity index is 1100. The van der Waals surface area contributed by atoms with Gasteiger partial charge in [-0.15, -0.1) is 0 Å². The molecule has 0 bridgehead atoms. The molecule has 1 aliphatic heterocycles. The Morgan fingerprint density at radius 1 is 1.06 bits per heavy atom. The van der Waals surface area contributed by atoms with E-state index >= 15 is 0 Å². The van der Waals surface area contributed by atoms with Gasteiger partial charge in [-0.05, 0) is 71.5 Å². The van der Waals surface area contributed by atoms with Crippen LogP contribution in [-0.4, -0.2) is 48.3 Å². The number of likely N-dealkylation sites (tertiary alicyclic amines) is 1. The molecule has 1 atom stereocenters. The molecule has 0 aliphatic carbocycles. The largest absolute Gasteiger partial charge is 0.389 e. The molecule has 1 saturated heterocycles. The zero-order valence-electron chi connectivity index (χ0n) is 18.9. The zero-order chi connectivity index (χ0) is 23.0. The minimum Gasteiger partial charge on any atom is -0.389 e. The number of hydrogen-bond donors (Lipinski definition) is 2. The number of β-amino-alcohol motifs (C(OH)–C–C–N with tert-alkyl or cyclic N) is 1. The van der Waals surface area contributed by atoms with Crippen LogP contribution in [0.2, 0.25) is 0 Å². The number of amides is 1. The molecule has 3 aromatic rings. The van der Waals surface area contributed by atoms with Crippen molar-refractivity contribution in [1.29, 1.82) is 0 Å². The average Bonchev–Trinajstić information content (AvgIpc) is 2.83. The Labute approximate surface area is 195 Å². The highest BCUT2D eigenvalue weighted by atomic mass is 16.5. The van der Waals surface area contributed by atoms with E-state index in [1.165, 1.54) is 22.4 Å². The second-order valence-corrected chi connectivity index (χ2v) is 8.83. The number of nitrogens with zero attached hydrogens (tertiary/aromatic N) is 1. The predicted molar refractivity (Wildman–Crippen MR) is 133 cm³/mol. The third-order valence-electron chi connectivity index (χ3n) is 6.27. The van der Waals surface area contributed by atoms with Crippen LogP contribution in [-0.2, 0) is 16.1 Å². The first kappa shape index (κ1) is 23.2. The van der Waals surface area contributed by atoms with Crippen LogP contribution >= 0.6 is 0 Å². The number of aliphatic hydroxyl groups excluding tert-OH is 1. The molecule has 0 aromatic heterocycles. The number of carbonyl (C=O) groups excluding carboxylic acids is 1. The third kappa shape index (κ3) is 6.75. The molecule has 1 unspecified atom stereocenters. The van der Waals surface area contributed by atoms with E-state index in [1.807, 2.05) is 24.3 Å². The Kier molecular flexibility index (Phi) is 7.89.